The fourth-order valence-corrected chi connectivity index (χ4v) is 3.77. The van der Waals surface area contributed by atoms with Gasteiger partial charge in [-0.2, -0.15) is 0 Å². The molecule has 1 saturated heterocycles. The number of aromatic nitrogens is 1. The van der Waals surface area contributed by atoms with Crippen LogP contribution in [0.25, 0.3) is 10.6 Å². The Morgan fingerprint density at radius 3 is 2.91 bits per heavy atom. The normalized spacial score (nSPS) is 18.4. The number of rotatable bonds is 3. The SMILES string of the molecule is CC[C@@H]1CCCCN1C(=O)c1ccc(-c2cccs2)[nH]c1=O. The molecule has 4 nitrogen and oxygen atoms in total. The minimum Gasteiger partial charge on any atom is -0.336 e. The topological polar surface area (TPSA) is 53.2 Å². The van der Waals surface area contributed by atoms with Crippen LogP contribution >= 0.6 is 11.3 Å². The molecule has 2 aromatic rings. The number of carbonyl (C=O) groups is 1. The van der Waals surface area contributed by atoms with E-state index in [-0.39, 0.29) is 23.1 Å². The number of piperidine rings is 1. The maximum Gasteiger partial charge on any atom is 0.261 e. The molecule has 1 aliphatic heterocycles. The highest BCUT2D eigenvalue weighted by molar-refractivity contribution is 7.13. The van der Waals surface area contributed by atoms with Crippen LogP contribution in [0.1, 0.15) is 43.0 Å². The molecule has 0 unspecified atom stereocenters. The summed E-state index contributed by atoms with van der Waals surface area (Å²) in [6, 6.07) is 7.65. The van der Waals surface area contributed by atoms with Crippen LogP contribution in [-0.2, 0) is 0 Å². The van der Waals surface area contributed by atoms with Gasteiger partial charge in [-0.05, 0) is 49.3 Å². The number of likely N-dealkylation sites (tertiary alicyclic amines) is 1. The first-order valence-corrected chi connectivity index (χ1v) is 8.67. The molecule has 2 aromatic heterocycles. The van der Waals surface area contributed by atoms with Gasteiger partial charge in [0.15, 0.2) is 0 Å². The molecule has 1 N–H and O–H groups in total. The lowest BCUT2D eigenvalue weighted by molar-refractivity contribution is 0.0606. The van der Waals surface area contributed by atoms with Crippen LogP contribution in [0.2, 0.25) is 0 Å². The van der Waals surface area contributed by atoms with Gasteiger partial charge in [0.2, 0.25) is 0 Å². The predicted octanol–water partition coefficient (Wildman–Crippen LogP) is 3.51. The van der Waals surface area contributed by atoms with E-state index in [1.54, 1.807) is 17.4 Å². The maximum atomic E-state index is 12.7. The number of nitrogens with one attached hydrogen (secondary N) is 1. The number of pyridine rings is 1. The van der Waals surface area contributed by atoms with Crippen molar-refractivity contribution in [3.05, 3.63) is 45.6 Å². The smallest absolute Gasteiger partial charge is 0.261 e. The Morgan fingerprint density at radius 1 is 1.36 bits per heavy atom. The van der Waals surface area contributed by atoms with Crippen LogP contribution in [0.3, 0.4) is 0 Å². The van der Waals surface area contributed by atoms with Crippen LogP contribution < -0.4 is 5.56 Å². The summed E-state index contributed by atoms with van der Waals surface area (Å²) in [6.45, 7) is 2.85. The highest BCUT2D eigenvalue weighted by atomic mass is 32.1. The number of hydrogen-bond acceptors (Lipinski definition) is 3. The summed E-state index contributed by atoms with van der Waals surface area (Å²) < 4.78 is 0. The van der Waals surface area contributed by atoms with E-state index in [0.717, 1.165) is 42.8 Å². The highest BCUT2D eigenvalue weighted by Crippen LogP contribution is 2.23. The summed E-state index contributed by atoms with van der Waals surface area (Å²) >= 11 is 1.57. The molecule has 0 aliphatic carbocycles. The Balaban J connectivity index is 1.88. The Labute approximate surface area is 133 Å². The zero-order valence-corrected chi connectivity index (χ0v) is 13.5. The van der Waals surface area contributed by atoms with Crippen molar-refractivity contribution >= 4 is 17.2 Å². The highest BCUT2D eigenvalue weighted by Gasteiger charge is 2.27. The van der Waals surface area contributed by atoms with Crippen LogP contribution in [-0.4, -0.2) is 28.4 Å². The maximum absolute atomic E-state index is 12.7. The third-order valence-electron chi connectivity index (χ3n) is 4.29. The van der Waals surface area contributed by atoms with Gasteiger partial charge < -0.3 is 9.88 Å². The van der Waals surface area contributed by atoms with E-state index >= 15 is 0 Å². The van der Waals surface area contributed by atoms with Gasteiger partial charge in [0.25, 0.3) is 11.5 Å². The molecule has 116 valence electrons. The average Bonchev–Trinajstić information content (AvgIpc) is 3.08. The Bertz CT molecular complexity index is 706. The van der Waals surface area contributed by atoms with Crippen molar-refractivity contribution in [3.63, 3.8) is 0 Å². The average molecular weight is 316 g/mol. The van der Waals surface area contributed by atoms with Crippen LogP contribution in [0.15, 0.2) is 34.4 Å². The molecule has 1 aliphatic rings. The van der Waals surface area contributed by atoms with Crippen molar-refractivity contribution in [2.75, 3.05) is 6.54 Å². The zero-order valence-electron chi connectivity index (χ0n) is 12.7. The minimum atomic E-state index is -0.295. The van der Waals surface area contributed by atoms with Crippen molar-refractivity contribution in [3.8, 4) is 10.6 Å². The summed E-state index contributed by atoms with van der Waals surface area (Å²) in [6.07, 6.45) is 4.16. The first-order chi connectivity index (χ1) is 10.7. The zero-order chi connectivity index (χ0) is 15.5. The van der Waals surface area contributed by atoms with E-state index < -0.39 is 0 Å². The second-order valence-electron chi connectivity index (χ2n) is 5.65. The molecule has 1 amide bonds. The molecule has 5 heteroatoms. The second-order valence-corrected chi connectivity index (χ2v) is 6.60. The number of thiophene rings is 1. The fourth-order valence-electron chi connectivity index (χ4n) is 3.06. The third kappa shape index (κ3) is 2.86. The molecule has 0 bridgehead atoms. The van der Waals surface area contributed by atoms with Gasteiger partial charge in [0.05, 0.1) is 10.6 Å². The van der Waals surface area contributed by atoms with Gasteiger partial charge in [0.1, 0.15) is 5.56 Å². The largest absolute Gasteiger partial charge is 0.336 e. The summed E-state index contributed by atoms with van der Waals surface area (Å²) in [7, 11) is 0. The van der Waals surface area contributed by atoms with Gasteiger partial charge in [-0.25, -0.2) is 0 Å². The fraction of sp³-hybridized carbons (Fsp3) is 0.412. The molecule has 1 atom stereocenters. The molecule has 3 rings (SSSR count). The lowest BCUT2D eigenvalue weighted by Gasteiger charge is -2.35. The predicted molar refractivity (Wildman–Crippen MR) is 89.3 cm³/mol. The summed E-state index contributed by atoms with van der Waals surface area (Å²) in [5.41, 5.74) is 0.721. The quantitative estimate of drug-likeness (QED) is 0.942. The number of nitrogens with zero attached hydrogens (tertiary/aromatic N) is 1. The molecule has 0 saturated carbocycles. The summed E-state index contributed by atoms with van der Waals surface area (Å²) in [5.74, 6) is -0.134. The lowest BCUT2D eigenvalue weighted by Crippen LogP contribution is -2.45. The molecule has 1 fully saturated rings. The molecule has 22 heavy (non-hydrogen) atoms. The van der Waals surface area contributed by atoms with Gasteiger partial charge in [0, 0.05) is 12.6 Å². The Kier molecular flexibility index (Phi) is 4.43. The van der Waals surface area contributed by atoms with Gasteiger partial charge in [-0.3, -0.25) is 9.59 Å². The number of carbonyl (C=O) groups excluding carboxylic acids is 1. The monoisotopic (exact) mass is 316 g/mol. The van der Waals surface area contributed by atoms with E-state index in [1.807, 2.05) is 28.5 Å². The van der Waals surface area contributed by atoms with E-state index in [1.165, 1.54) is 0 Å². The number of H-pyrrole nitrogens is 1. The van der Waals surface area contributed by atoms with Crippen LogP contribution in [0.5, 0.6) is 0 Å². The first-order valence-electron chi connectivity index (χ1n) is 7.79. The van der Waals surface area contributed by atoms with Gasteiger partial charge >= 0.3 is 0 Å². The standard InChI is InChI=1S/C17H20N2O2S/c1-2-12-6-3-4-10-19(12)17(21)13-8-9-14(18-16(13)20)15-7-5-11-22-15/h5,7-9,11-12H,2-4,6,10H2,1H3,(H,18,20)/t12-/m1/s1. The lowest BCUT2D eigenvalue weighted by atomic mass is 9.99. The molecule has 3 heterocycles. The minimum absolute atomic E-state index is 0.134. The number of hydrogen-bond donors (Lipinski definition) is 1. The summed E-state index contributed by atoms with van der Waals surface area (Å²) in [4.78, 5) is 30.7. The van der Waals surface area contributed by atoms with Crippen molar-refractivity contribution in [1.82, 2.24) is 9.88 Å². The van der Waals surface area contributed by atoms with Crippen molar-refractivity contribution in [2.45, 2.75) is 38.6 Å². The Morgan fingerprint density at radius 2 is 2.23 bits per heavy atom. The van der Waals surface area contributed by atoms with Crippen LogP contribution in [0.4, 0.5) is 0 Å². The third-order valence-corrected chi connectivity index (χ3v) is 5.19. The summed E-state index contributed by atoms with van der Waals surface area (Å²) in [5, 5.41) is 1.96. The number of aromatic amines is 1. The van der Waals surface area contributed by atoms with E-state index in [2.05, 4.69) is 11.9 Å². The molecular formula is C17H20N2O2S. The molecule has 0 spiro atoms. The van der Waals surface area contributed by atoms with Gasteiger partial charge in [-0.1, -0.05) is 13.0 Å². The first kappa shape index (κ1) is 15.0. The second kappa shape index (κ2) is 6.48. The van der Waals surface area contributed by atoms with Crippen molar-refractivity contribution in [2.24, 2.45) is 0 Å². The molecule has 0 radical (unpaired) electrons. The van der Waals surface area contributed by atoms with Gasteiger partial charge in [-0.15, -0.1) is 11.3 Å². The van der Waals surface area contributed by atoms with Crippen LogP contribution in [0, 0.1) is 0 Å². The number of amides is 1. The van der Waals surface area contributed by atoms with Crippen molar-refractivity contribution in [1.29, 1.82) is 0 Å². The van der Waals surface area contributed by atoms with E-state index in [0.29, 0.717) is 0 Å². The Hall–Kier alpha value is -1.88. The molecule has 0 aromatic carbocycles. The van der Waals surface area contributed by atoms with E-state index in [9.17, 15) is 9.59 Å². The molecular weight excluding hydrogens is 296 g/mol. The van der Waals surface area contributed by atoms with E-state index in [4.69, 9.17) is 0 Å². The van der Waals surface area contributed by atoms with Crippen molar-refractivity contribution < 1.29 is 4.79 Å².